The summed E-state index contributed by atoms with van der Waals surface area (Å²) in [4.78, 5) is 13.6. The fourth-order valence-electron chi connectivity index (χ4n) is 2.10. The molecule has 1 amide bonds. The van der Waals surface area contributed by atoms with Crippen LogP contribution in [0, 0.1) is 0 Å². The minimum atomic E-state index is -4.46. The second-order valence-corrected chi connectivity index (χ2v) is 6.19. The highest BCUT2D eigenvalue weighted by Crippen LogP contribution is 2.30. The second kappa shape index (κ2) is 6.79. The number of hydrogen-bond acceptors (Lipinski definition) is 5. The first-order valence-electron chi connectivity index (χ1n) is 7.16. The van der Waals surface area contributed by atoms with Crippen molar-refractivity contribution in [2.45, 2.75) is 17.9 Å². The summed E-state index contributed by atoms with van der Waals surface area (Å²) in [5.74, 6) is 0.461. The van der Waals surface area contributed by atoms with Crippen molar-refractivity contribution < 1.29 is 22.4 Å². The third-order valence-corrected chi connectivity index (χ3v) is 4.35. The van der Waals surface area contributed by atoms with E-state index in [1.54, 1.807) is 19.2 Å². The van der Waals surface area contributed by atoms with Gasteiger partial charge in [-0.05, 0) is 24.3 Å². The van der Waals surface area contributed by atoms with Gasteiger partial charge in [0.1, 0.15) is 5.76 Å². The van der Waals surface area contributed by atoms with Crippen LogP contribution in [0.25, 0.3) is 5.65 Å². The number of halogens is 3. The van der Waals surface area contributed by atoms with E-state index in [2.05, 4.69) is 10.2 Å². The molecule has 132 valence electrons. The molecule has 3 heterocycles. The molecular formula is C15H13F3N4O2S. The van der Waals surface area contributed by atoms with E-state index < -0.39 is 11.7 Å². The molecule has 0 fully saturated rings. The minimum Gasteiger partial charge on any atom is -0.467 e. The van der Waals surface area contributed by atoms with E-state index in [1.165, 1.54) is 21.6 Å². The lowest BCUT2D eigenvalue weighted by atomic mass is 10.3. The van der Waals surface area contributed by atoms with Crippen molar-refractivity contribution in [3.05, 3.63) is 48.0 Å². The molecule has 0 aliphatic heterocycles. The number of fused-ring (bicyclic) bond motifs is 1. The number of hydrogen-bond donors (Lipinski definition) is 0. The molecule has 3 aromatic rings. The average Bonchev–Trinajstić information content (AvgIpc) is 3.20. The molecule has 0 unspecified atom stereocenters. The topological polar surface area (TPSA) is 63.6 Å². The lowest BCUT2D eigenvalue weighted by Gasteiger charge is -2.15. The molecule has 0 spiro atoms. The highest BCUT2D eigenvalue weighted by molar-refractivity contribution is 7.99. The van der Waals surface area contributed by atoms with Crippen LogP contribution in [-0.4, -0.2) is 38.2 Å². The van der Waals surface area contributed by atoms with Crippen molar-refractivity contribution in [2.24, 2.45) is 0 Å². The van der Waals surface area contributed by atoms with E-state index in [0.717, 1.165) is 24.0 Å². The van der Waals surface area contributed by atoms with Gasteiger partial charge in [0.25, 0.3) is 0 Å². The number of pyridine rings is 1. The molecule has 0 bridgehead atoms. The average molecular weight is 370 g/mol. The van der Waals surface area contributed by atoms with Gasteiger partial charge in [-0.3, -0.25) is 9.20 Å². The fourth-order valence-corrected chi connectivity index (χ4v) is 2.95. The summed E-state index contributed by atoms with van der Waals surface area (Å²) in [6, 6.07) is 5.66. The van der Waals surface area contributed by atoms with Gasteiger partial charge in [0.2, 0.25) is 5.91 Å². The zero-order chi connectivity index (χ0) is 18.0. The van der Waals surface area contributed by atoms with E-state index in [9.17, 15) is 18.0 Å². The molecule has 6 nitrogen and oxygen atoms in total. The quantitative estimate of drug-likeness (QED) is 0.646. The van der Waals surface area contributed by atoms with E-state index in [-0.39, 0.29) is 22.5 Å². The van der Waals surface area contributed by atoms with Crippen LogP contribution in [0.1, 0.15) is 11.3 Å². The van der Waals surface area contributed by atoms with Crippen LogP contribution in [0.3, 0.4) is 0 Å². The van der Waals surface area contributed by atoms with Gasteiger partial charge in [-0.1, -0.05) is 11.8 Å². The molecule has 10 heteroatoms. The molecule has 3 rings (SSSR count). The van der Waals surface area contributed by atoms with E-state index in [1.807, 2.05) is 0 Å². The highest BCUT2D eigenvalue weighted by Gasteiger charge is 2.31. The number of carbonyl (C=O) groups excluding carboxylic acids is 1. The minimum absolute atomic E-state index is 0.0221. The van der Waals surface area contributed by atoms with Crippen LogP contribution in [0.4, 0.5) is 13.2 Å². The standard InChI is InChI=1S/C15H13F3N4O2S/c1-21(8-11-3-2-6-24-11)13(23)9-25-14-20-19-12-5-4-10(7-22(12)14)15(16,17)18/h2-7H,8-9H2,1H3. The van der Waals surface area contributed by atoms with Crippen LogP contribution in [0.5, 0.6) is 0 Å². The predicted octanol–water partition coefficient (Wildman–Crippen LogP) is 3.09. The van der Waals surface area contributed by atoms with Crippen molar-refractivity contribution >= 4 is 23.3 Å². The highest BCUT2D eigenvalue weighted by atomic mass is 32.2. The summed E-state index contributed by atoms with van der Waals surface area (Å²) in [5, 5.41) is 7.88. The van der Waals surface area contributed by atoms with Crippen LogP contribution < -0.4 is 0 Å². The Balaban J connectivity index is 1.69. The Morgan fingerprint density at radius 3 is 2.80 bits per heavy atom. The molecule has 25 heavy (non-hydrogen) atoms. The number of rotatable bonds is 5. The van der Waals surface area contributed by atoms with Gasteiger partial charge >= 0.3 is 6.18 Å². The summed E-state index contributed by atoms with van der Waals surface area (Å²) in [7, 11) is 1.62. The number of thioether (sulfide) groups is 1. The number of alkyl halides is 3. The molecule has 0 aliphatic carbocycles. The van der Waals surface area contributed by atoms with Crippen LogP contribution in [-0.2, 0) is 17.5 Å². The Hall–Kier alpha value is -2.49. The van der Waals surface area contributed by atoms with E-state index in [4.69, 9.17) is 4.42 Å². The van der Waals surface area contributed by atoms with Crippen molar-refractivity contribution in [1.82, 2.24) is 19.5 Å². The van der Waals surface area contributed by atoms with Gasteiger partial charge in [-0.15, -0.1) is 10.2 Å². The SMILES string of the molecule is CN(Cc1ccco1)C(=O)CSc1nnc2ccc(C(F)(F)F)cn12. The molecule has 0 saturated heterocycles. The van der Waals surface area contributed by atoms with Crippen molar-refractivity contribution in [3.63, 3.8) is 0 Å². The van der Waals surface area contributed by atoms with Crippen LogP contribution >= 0.6 is 11.8 Å². The molecule has 0 N–H and O–H groups in total. The van der Waals surface area contributed by atoms with Gasteiger partial charge in [0.05, 0.1) is 24.1 Å². The number of aromatic nitrogens is 3. The van der Waals surface area contributed by atoms with Gasteiger partial charge in [0.15, 0.2) is 10.8 Å². The van der Waals surface area contributed by atoms with E-state index >= 15 is 0 Å². The van der Waals surface area contributed by atoms with Crippen molar-refractivity contribution in [3.8, 4) is 0 Å². The Bertz CT molecular complexity index is 877. The van der Waals surface area contributed by atoms with Crippen LogP contribution in [0.2, 0.25) is 0 Å². The molecule has 3 aromatic heterocycles. The maximum absolute atomic E-state index is 12.8. The Morgan fingerprint density at radius 2 is 2.12 bits per heavy atom. The Labute approximate surface area is 144 Å². The fraction of sp³-hybridized carbons (Fsp3) is 0.267. The largest absolute Gasteiger partial charge is 0.467 e. The summed E-state index contributed by atoms with van der Waals surface area (Å²) in [6.45, 7) is 0.311. The third kappa shape index (κ3) is 3.95. The first kappa shape index (κ1) is 17.3. The summed E-state index contributed by atoms with van der Waals surface area (Å²) < 4.78 is 44.9. The van der Waals surface area contributed by atoms with Crippen LogP contribution in [0.15, 0.2) is 46.3 Å². The lowest BCUT2D eigenvalue weighted by molar-refractivity contribution is -0.138. The molecule has 0 aromatic carbocycles. The van der Waals surface area contributed by atoms with Gasteiger partial charge in [0, 0.05) is 13.2 Å². The molecule has 0 saturated carbocycles. The van der Waals surface area contributed by atoms with Crippen molar-refractivity contribution in [2.75, 3.05) is 12.8 Å². The second-order valence-electron chi connectivity index (χ2n) is 5.24. The lowest BCUT2D eigenvalue weighted by Crippen LogP contribution is -2.27. The first-order chi connectivity index (χ1) is 11.8. The number of furan rings is 1. The number of amides is 1. The van der Waals surface area contributed by atoms with Gasteiger partial charge in [-0.2, -0.15) is 13.2 Å². The summed E-state index contributed by atoms with van der Waals surface area (Å²) in [5.41, 5.74) is -0.519. The maximum atomic E-state index is 12.8. The number of carbonyl (C=O) groups is 1. The normalized spacial score (nSPS) is 11.8. The Morgan fingerprint density at radius 1 is 1.32 bits per heavy atom. The zero-order valence-corrected chi connectivity index (χ0v) is 13.8. The zero-order valence-electron chi connectivity index (χ0n) is 13.0. The van der Waals surface area contributed by atoms with Crippen molar-refractivity contribution in [1.29, 1.82) is 0 Å². The first-order valence-corrected chi connectivity index (χ1v) is 8.14. The molecular weight excluding hydrogens is 357 g/mol. The maximum Gasteiger partial charge on any atom is 0.417 e. The summed E-state index contributed by atoms with van der Waals surface area (Å²) in [6.07, 6.45) is -2.02. The number of nitrogens with zero attached hydrogens (tertiary/aromatic N) is 4. The smallest absolute Gasteiger partial charge is 0.417 e. The monoisotopic (exact) mass is 370 g/mol. The van der Waals surface area contributed by atoms with Gasteiger partial charge in [-0.25, -0.2) is 0 Å². The third-order valence-electron chi connectivity index (χ3n) is 3.42. The molecule has 0 aliphatic rings. The van der Waals surface area contributed by atoms with Gasteiger partial charge < -0.3 is 9.32 Å². The Kier molecular flexibility index (Phi) is 4.71. The predicted molar refractivity (Wildman–Crippen MR) is 83.9 cm³/mol. The van der Waals surface area contributed by atoms with E-state index in [0.29, 0.717) is 12.3 Å². The molecule has 0 radical (unpaired) electrons. The summed E-state index contributed by atoms with van der Waals surface area (Å²) >= 11 is 1.03. The molecule has 0 atom stereocenters.